The summed E-state index contributed by atoms with van der Waals surface area (Å²) in [5.41, 5.74) is 0. The van der Waals surface area contributed by atoms with Crippen LogP contribution < -0.4 is 0 Å². The van der Waals surface area contributed by atoms with E-state index >= 15 is 0 Å². The van der Waals surface area contributed by atoms with E-state index in [4.69, 9.17) is 0 Å². The van der Waals surface area contributed by atoms with Crippen molar-refractivity contribution in [2.45, 2.75) is 0 Å². The van der Waals surface area contributed by atoms with Gasteiger partial charge in [-0.15, -0.1) is 0 Å². The van der Waals surface area contributed by atoms with Crippen LogP contribution in [-0.2, 0) is 25.8 Å². The summed E-state index contributed by atoms with van der Waals surface area (Å²) in [4.78, 5) is 0. The maximum atomic E-state index is 2.12. The molecule has 0 amide bonds. The first-order valence-corrected chi connectivity index (χ1v) is 1.79. The standard InChI is InChI=1S/C4H12N.Hf/c1-5(2,3)4;/h1-4H3;/q+1;+4. The molecule has 0 aromatic rings. The summed E-state index contributed by atoms with van der Waals surface area (Å²) in [5, 5.41) is 0. The SMILES string of the molecule is C[N+](C)(C)C.[Hf+4]. The summed E-state index contributed by atoms with van der Waals surface area (Å²) in [6.07, 6.45) is 0. The van der Waals surface area contributed by atoms with Crippen molar-refractivity contribution in [3.8, 4) is 0 Å². The quantitative estimate of drug-likeness (QED) is 0.430. The van der Waals surface area contributed by atoms with Gasteiger partial charge in [-0.2, -0.15) is 0 Å². The molecule has 0 heterocycles. The maximum absolute atomic E-state index is 2.12. The summed E-state index contributed by atoms with van der Waals surface area (Å²) in [6, 6.07) is 0. The van der Waals surface area contributed by atoms with E-state index in [0.29, 0.717) is 0 Å². The zero-order valence-corrected chi connectivity index (χ0v) is 8.54. The van der Waals surface area contributed by atoms with Gasteiger partial charge in [0.2, 0.25) is 0 Å². The fourth-order valence-corrected chi connectivity index (χ4v) is 0. The minimum Gasteiger partial charge on any atom is -0.333 e. The third-order valence-corrected chi connectivity index (χ3v) is 0. The molecule has 0 aliphatic rings. The topological polar surface area (TPSA) is 0 Å². The molecule has 1 nitrogen and oxygen atoms in total. The van der Waals surface area contributed by atoms with Gasteiger partial charge in [0.15, 0.2) is 0 Å². The monoisotopic (exact) mass is 254 g/mol. The van der Waals surface area contributed by atoms with Crippen molar-refractivity contribution in [3.05, 3.63) is 0 Å². The molecule has 0 aromatic carbocycles. The third-order valence-electron chi connectivity index (χ3n) is 0. The third kappa shape index (κ3) is 103. The van der Waals surface area contributed by atoms with E-state index in [2.05, 4.69) is 28.2 Å². The van der Waals surface area contributed by atoms with E-state index in [1.165, 1.54) is 0 Å². The van der Waals surface area contributed by atoms with E-state index in [9.17, 15) is 0 Å². The fraction of sp³-hybridized carbons (Fsp3) is 1.00. The molecule has 0 atom stereocenters. The van der Waals surface area contributed by atoms with Crippen LogP contribution in [0.2, 0.25) is 0 Å². The molecule has 0 rings (SSSR count). The summed E-state index contributed by atoms with van der Waals surface area (Å²) < 4.78 is 1.00. The van der Waals surface area contributed by atoms with Gasteiger partial charge in [-0.3, -0.25) is 0 Å². The molecule has 0 saturated heterocycles. The average molecular weight is 253 g/mol. The predicted molar refractivity (Wildman–Crippen MR) is 24.0 cm³/mol. The van der Waals surface area contributed by atoms with E-state index in [0.717, 1.165) is 4.48 Å². The van der Waals surface area contributed by atoms with Crippen LogP contribution in [0.4, 0.5) is 0 Å². The van der Waals surface area contributed by atoms with Crippen LogP contribution in [-0.4, -0.2) is 32.7 Å². The van der Waals surface area contributed by atoms with Gasteiger partial charge >= 0.3 is 25.8 Å². The molecule has 0 unspecified atom stereocenters. The second-order valence-corrected chi connectivity index (χ2v) is 2.68. The Bertz CT molecular complexity index is 23.0. The van der Waals surface area contributed by atoms with E-state index in [-0.39, 0.29) is 25.8 Å². The van der Waals surface area contributed by atoms with Crippen LogP contribution in [0.3, 0.4) is 0 Å². The van der Waals surface area contributed by atoms with Crippen molar-refractivity contribution < 1.29 is 30.3 Å². The number of hydrogen-bond acceptors (Lipinski definition) is 0. The van der Waals surface area contributed by atoms with Gasteiger partial charge < -0.3 is 4.48 Å². The Morgan fingerprint density at radius 1 is 0.833 bits per heavy atom. The van der Waals surface area contributed by atoms with Crippen LogP contribution in [0.25, 0.3) is 0 Å². The van der Waals surface area contributed by atoms with Gasteiger partial charge in [-0.25, -0.2) is 0 Å². The molecule has 0 radical (unpaired) electrons. The summed E-state index contributed by atoms with van der Waals surface area (Å²) in [5.74, 6) is 0. The van der Waals surface area contributed by atoms with Crippen LogP contribution in [0.1, 0.15) is 0 Å². The summed E-state index contributed by atoms with van der Waals surface area (Å²) >= 11 is 0. The minimum absolute atomic E-state index is 0. The molecule has 6 heavy (non-hydrogen) atoms. The number of quaternary nitrogens is 1. The van der Waals surface area contributed by atoms with Crippen molar-refractivity contribution in [1.82, 2.24) is 0 Å². The molecule has 0 spiro atoms. The van der Waals surface area contributed by atoms with Gasteiger partial charge in [-0.05, 0) is 0 Å². The Morgan fingerprint density at radius 3 is 0.833 bits per heavy atom. The second-order valence-electron chi connectivity index (χ2n) is 2.68. The zero-order valence-electron chi connectivity index (χ0n) is 4.95. The van der Waals surface area contributed by atoms with Gasteiger partial charge in [0.25, 0.3) is 0 Å². The normalized spacial score (nSPS) is 10.0. The molecule has 0 bridgehead atoms. The number of nitrogens with zero attached hydrogens (tertiary/aromatic N) is 1. The largest absolute Gasteiger partial charge is 4.00 e. The molecule has 0 aliphatic heterocycles. The fourth-order valence-electron chi connectivity index (χ4n) is 0. The van der Waals surface area contributed by atoms with E-state index in [1.807, 2.05) is 0 Å². The minimum atomic E-state index is 0. The number of rotatable bonds is 0. The summed E-state index contributed by atoms with van der Waals surface area (Å²) in [6.45, 7) is 0. The van der Waals surface area contributed by atoms with Gasteiger partial charge in [-0.1, -0.05) is 0 Å². The molecular formula is C4H12HfN+5. The van der Waals surface area contributed by atoms with E-state index < -0.39 is 0 Å². The van der Waals surface area contributed by atoms with Gasteiger partial charge in [0.1, 0.15) is 0 Å². The van der Waals surface area contributed by atoms with Crippen molar-refractivity contribution in [2.24, 2.45) is 0 Å². The van der Waals surface area contributed by atoms with Crippen LogP contribution in [0.15, 0.2) is 0 Å². The Kier molecular flexibility index (Phi) is 4.84. The van der Waals surface area contributed by atoms with Crippen LogP contribution in [0, 0.1) is 0 Å². The van der Waals surface area contributed by atoms with E-state index in [1.54, 1.807) is 0 Å². The first kappa shape index (κ1) is 9.95. The van der Waals surface area contributed by atoms with Gasteiger partial charge in [0.05, 0.1) is 28.2 Å². The molecule has 0 fully saturated rings. The first-order valence-electron chi connectivity index (χ1n) is 1.79. The van der Waals surface area contributed by atoms with Crippen LogP contribution >= 0.6 is 0 Å². The van der Waals surface area contributed by atoms with Crippen molar-refractivity contribution in [3.63, 3.8) is 0 Å². The van der Waals surface area contributed by atoms with Crippen molar-refractivity contribution in [2.75, 3.05) is 28.2 Å². The summed E-state index contributed by atoms with van der Waals surface area (Å²) in [7, 11) is 8.50. The Labute approximate surface area is 58.7 Å². The Morgan fingerprint density at radius 2 is 0.833 bits per heavy atom. The predicted octanol–water partition coefficient (Wildman–Crippen LogP) is 0.320. The molecule has 0 N–H and O–H groups in total. The number of hydrogen-bond donors (Lipinski definition) is 0. The molecule has 0 aliphatic carbocycles. The van der Waals surface area contributed by atoms with Crippen LogP contribution in [0.5, 0.6) is 0 Å². The van der Waals surface area contributed by atoms with Gasteiger partial charge in [0, 0.05) is 0 Å². The second kappa shape index (κ2) is 2.92. The Hall–Kier alpha value is 0.830. The average Bonchev–Trinajstić information content (AvgIpc) is 0.722. The first-order chi connectivity index (χ1) is 2.00. The molecule has 2 heteroatoms. The van der Waals surface area contributed by atoms with Crippen molar-refractivity contribution in [1.29, 1.82) is 0 Å². The maximum Gasteiger partial charge on any atom is 4.00 e. The van der Waals surface area contributed by atoms with Crippen molar-refractivity contribution >= 4 is 0 Å². The Balaban J connectivity index is 0. The molecule has 0 aromatic heterocycles. The smallest absolute Gasteiger partial charge is 0.333 e. The zero-order chi connectivity index (χ0) is 4.50. The molecular weight excluding hydrogens is 241 g/mol. The molecule has 32 valence electrons. The molecule has 0 saturated carbocycles.